The Bertz CT molecular complexity index is 1560. The quantitative estimate of drug-likeness (QED) is 0.335. The molecule has 0 spiro atoms. The second kappa shape index (κ2) is 9.79. The summed E-state index contributed by atoms with van der Waals surface area (Å²) in [5, 5.41) is 1.26. The lowest BCUT2D eigenvalue weighted by Gasteiger charge is -2.16. The van der Waals surface area contributed by atoms with Gasteiger partial charge in [0.25, 0.3) is 5.56 Å². The normalized spacial score (nSPS) is 11.0. The largest absolute Gasteiger partial charge is 0.382 e. The zero-order valence-electron chi connectivity index (χ0n) is 18.4. The van der Waals surface area contributed by atoms with Crippen LogP contribution in [-0.4, -0.2) is 24.5 Å². The highest BCUT2D eigenvalue weighted by Gasteiger charge is 2.16. The van der Waals surface area contributed by atoms with Gasteiger partial charge < -0.3 is 10.7 Å². The summed E-state index contributed by atoms with van der Waals surface area (Å²) in [5.74, 6) is -0.166. The van der Waals surface area contributed by atoms with E-state index in [4.69, 9.17) is 28.9 Å². The van der Waals surface area contributed by atoms with Gasteiger partial charge in [0.2, 0.25) is 0 Å². The number of nitrogen functional groups attached to an aromatic ring is 1. The summed E-state index contributed by atoms with van der Waals surface area (Å²) >= 11 is 12.3. The monoisotopic (exact) mass is 498 g/mol. The van der Waals surface area contributed by atoms with E-state index in [1.54, 1.807) is 16.7 Å². The fraction of sp³-hybridized carbons (Fsp3) is 0.167. The zero-order chi connectivity index (χ0) is 24.4. The molecule has 3 heterocycles. The fourth-order valence-electron chi connectivity index (χ4n) is 3.62. The highest BCUT2D eigenvalue weighted by molar-refractivity contribution is 6.35. The van der Waals surface area contributed by atoms with Gasteiger partial charge in [-0.25, -0.2) is 19.3 Å². The number of nitrogens with two attached hydrogens (primary N) is 1. The molecule has 34 heavy (non-hydrogen) atoms. The molecule has 2 aromatic carbocycles. The maximum absolute atomic E-state index is 13.8. The van der Waals surface area contributed by atoms with Crippen LogP contribution in [0.1, 0.15) is 24.6 Å². The van der Waals surface area contributed by atoms with Gasteiger partial charge >= 0.3 is 0 Å². The van der Waals surface area contributed by atoms with E-state index in [1.165, 1.54) is 18.7 Å². The summed E-state index contributed by atoms with van der Waals surface area (Å²) in [6.07, 6.45) is 4.51. The third kappa shape index (κ3) is 4.47. The predicted octanol–water partition coefficient (Wildman–Crippen LogP) is 5.63. The Morgan fingerprint density at radius 1 is 1.12 bits per heavy atom. The van der Waals surface area contributed by atoms with Crippen molar-refractivity contribution in [3.63, 3.8) is 0 Å². The molecule has 10 heteroatoms. The minimum atomic E-state index is -0.599. The summed E-state index contributed by atoms with van der Waals surface area (Å²) in [6.45, 7) is 3.94. The number of nitrogens with zero attached hydrogens (tertiary/aromatic N) is 4. The number of aromatic amines is 1. The third-order valence-corrected chi connectivity index (χ3v) is 6.10. The summed E-state index contributed by atoms with van der Waals surface area (Å²) in [6, 6.07) is 10.2. The van der Waals surface area contributed by atoms with Crippen LogP contribution < -0.4 is 11.3 Å². The molecule has 0 aliphatic rings. The molecule has 0 unspecified atom stereocenters. The first kappa shape index (κ1) is 23.7. The lowest BCUT2D eigenvalue weighted by molar-refractivity contribution is 0.630. The Labute approximate surface area is 204 Å². The second-order valence-corrected chi connectivity index (χ2v) is 8.43. The van der Waals surface area contributed by atoms with Crippen molar-refractivity contribution in [1.82, 2.24) is 24.5 Å². The molecular weight excluding hydrogens is 478 g/mol. The number of rotatable bonds is 3. The minimum Gasteiger partial charge on any atom is -0.382 e. The van der Waals surface area contributed by atoms with Crippen LogP contribution in [-0.2, 0) is 6.42 Å². The molecule has 0 bridgehead atoms. The van der Waals surface area contributed by atoms with Crippen LogP contribution in [0.3, 0.4) is 0 Å². The first-order valence-corrected chi connectivity index (χ1v) is 11.3. The first-order chi connectivity index (χ1) is 16.3. The smallest absolute Gasteiger partial charge is 0.264 e. The Morgan fingerprint density at radius 2 is 1.91 bits per heavy atom. The molecule has 0 aliphatic carbocycles. The molecule has 7 nitrogen and oxygen atoms in total. The Morgan fingerprint density at radius 3 is 2.62 bits per heavy atom. The van der Waals surface area contributed by atoms with E-state index in [9.17, 15) is 9.18 Å². The van der Waals surface area contributed by atoms with E-state index in [2.05, 4.69) is 19.9 Å². The third-order valence-electron chi connectivity index (χ3n) is 5.33. The van der Waals surface area contributed by atoms with Gasteiger partial charge in [0, 0.05) is 10.7 Å². The standard InChI is InChI=1S/C19H16Cl2FNO.C5H5N5/c1-3-4-13-9-12-6-8-16(22)18(21)17(12)19(24)23(13)14-7-5-11(2)15(20)10-14;6-4-3-5(9-1-7-3)10-2-8-4/h5-10H,3-4H2,1-2H3;1-2H,(H3,6,7,8,9,10). The van der Waals surface area contributed by atoms with Gasteiger partial charge in [-0.15, -0.1) is 0 Å². The number of H-pyrrole nitrogens is 1. The molecule has 3 aromatic heterocycles. The highest BCUT2D eigenvalue weighted by atomic mass is 35.5. The van der Waals surface area contributed by atoms with Crippen molar-refractivity contribution >= 4 is 51.0 Å². The topological polar surface area (TPSA) is 102 Å². The molecule has 3 N–H and O–H groups in total. The number of anilines is 1. The molecule has 0 saturated heterocycles. The molecule has 0 atom stereocenters. The van der Waals surface area contributed by atoms with Gasteiger partial charge in [0.1, 0.15) is 17.7 Å². The summed E-state index contributed by atoms with van der Waals surface area (Å²) in [7, 11) is 0. The van der Waals surface area contributed by atoms with Crippen molar-refractivity contribution < 1.29 is 4.39 Å². The van der Waals surface area contributed by atoms with Gasteiger partial charge in [-0.1, -0.05) is 48.7 Å². The van der Waals surface area contributed by atoms with Gasteiger partial charge in [0.05, 0.1) is 22.4 Å². The molecule has 5 aromatic rings. The average Bonchev–Trinajstić information content (AvgIpc) is 3.30. The van der Waals surface area contributed by atoms with E-state index in [0.717, 1.165) is 17.7 Å². The molecule has 0 aliphatic heterocycles. The Balaban J connectivity index is 0.000000226. The van der Waals surface area contributed by atoms with Crippen LogP contribution in [0.5, 0.6) is 0 Å². The first-order valence-electron chi connectivity index (χ1n) is 10.5. The van der Waals surface area contributed by atoms with E-state index in [0.29, 0.717) is 39.5 Å². The SMILES string of the molecule is CCCc1cc2ccc(F)c(Cl)c2c(=O)n1-c1ccc(C)c(Cl)c1.Nc1ncnc2nc[nH]c12. The minimum absolute atomic E-state index is 0.146. The molecule has 0 radical (unpaired) electrons. The fourth-order valence-corrected chi connectivity index (χ4v) is 4.05. The van der Waals surface area contributed by atoms with Crippen molar-refractivity contribution in [2.75, 3.05) is 5.73 Å². The predicted molar refractivity (Wildman–Crippen MR) is 134 cm³/mol. The molecular formula is C24H21Cl2FN6O. The van der Waals surface area contributed by atoms with Crippen molar-refractivity contribution in [3.8, 4) is 5.69 Å². The lowest BCUT2D eigenvalue weighted by atomic mass is 10.1. The van der Waals surface area contributed by atoms with E-state index in [-0.39, 0.29) is 16.0 Å². The Hall–Kier alpha value is -3.49. The highest BCUT2D eigenvalue weighted by Crippen LogP contribution is 2.27. The van der Waals surface area contributed by atoms with E-state index < -0.39 is 5.82 Å². The van der Waals surface area contributed by atoms with Crippen LogP contribution in [0.2, 0.25) is 10.0 Å². The van der Waals surface area contributed by atoms with Crippen molar-refractivity contribution in [2.45, 2.75) is 26.7 Å². The number of hydrogen-bond donors (Lipinski definition) is 2. The number of halogens is 3. The number of pyridine rings is 1. The molecule has 5 rings (SSSR count). The molecule has 174 valence electrons. The van der Waals surface area contributed by atoms with Crippen LogP contribution in [0.15, 0.2) is 53.8 Å². The van der Waals surface area contributed by atoms with Gasteiger partial charge in [-0.2, -0.15) is 0 Å². The summed E-state index contributed by atoms with van der Waals surface area (Å²) in [4.78, 5) is 27.4. The van der Waals surface area contributed by atoms with Crippen LogP contribution in [0, 0.1) is 12.7 Å². The number of nitrogens with one attached hydrogen (secondary N) is 1. The number of aromatic nitrogens is 5. The van der Waals surface area contributed by atoms with Gasteiger partial charge in [0.15, 0.2) is 11.5 Å². The summed E-state index contributed by atoms with van der Waals surface area (Å²) < 4.78 is 15.4. The Kier molecular flexibility index (Phi) is 6.81. The molecule has 0 amide bonds. The van der Waals surface area contributed by atoms with E-state index >= 15 is 0 Å². The molecule has 0 saturated carbocycles. The maximum Gasteiger partial charge on any atom is 0.264 e. The van der Waals surface area contributed by atoms with Crippen LogP contribution >= 0.6 is 23.2 Å². The maximum atomic E-state index is 13.8. The zero-order valence-corrected chi connectivity index (χ0v) is 20.0. The van der Waals surface area contributed by atoms with Gasteiger partial charge in [-0.3, -0.25) is 9.36 Å². The van der Waals surface area contributed by atoms with Crippen LogP contribution in [0.25, 0.3) is 27.6 Å². The van der Waals surface area contributed by atoms with Crippen molar-refractivity contribution in [3.05, 3.63) is 86.5 Å². The van der Waals surface area contributed by atoms with Crippen LogP contribution in [0.4, 0.5) is 10.2 Å². The number of fused-ring (bicyclic) bond motifs is 2. The summed E-state index contributed by atoms with van der Waals surface area (Å²) in [5.41, 5.74) is 8.87. The van der Waals surface area contributed by atoms with Crippen molar-refractivity contribution in [2.24, 2.45) is 0 Å². The number of benzene rings is 2. The van der Waals surface area contributed by atoms with E-state index in [1.807, 2.05) is 32.0 Å². The van der Waals surface area contributed by atoms with Crippen molar-refractivity contribution in [1.29, 1.82) is 0 Å². The number of imidazole rings is 1. The average molecular weight is 499 g/mol. The number of aryl methyl sites for hydroxylation is 2. The molecule has 0 fully saturated rings. The van der Waals surface area contributed by atoms with Gasteiger partial charge in [-0.05, 0) is 48.6 Å². The second-order valence-electron chi connectivity index (χ2n) is 7.65. The lowest BCUT2D eigenvalue weighted by Crippen LogP contribution is -2.22. The number of hydrogen-bond acceptors (Lipinski definition) is 5.